The number of piperidine rings is 1. The Morgan fingerprint density at radius 2 is 2.19 bits per heavy atom. The molecule has 1 aromatic carbocycles. The van der Waals surface area contributed by atoms with Gasteiger partial charge in [-0.05, 0) is 37.3 Å². The number of hydrogen-bond acceptors (Lipinski definition) is 4. The zero-order valence-electron chi connectivity index (χ0n) is 11.9. The molecule has 1 fully saturated rings. The quantitative estimate of drug-likeness (QED) is 0.684. The van der Waals surface area contributed by atoms with Crippen molar-refractivity contribution < 1.29 is 14.8 Å². The maximum atomic E-state index is 11.5. The first-order valence-electron chi connectivity index (χ1n) is 6.77. The first kappa shape index (κ1) is 15.6. The van der Waals surface area contributed by atoms with Gasteiger partial charge in [0.2, 0.25) is 0 Å². The molecule has 1 N–H and O–H groups in total. The molecule has 0 amide bonds. The van der Waals surface area contributed by atoms with E-state index in [1.807, 2.05) is 6.92 Å². The summed E-state index contributed by atoms with van der Waals surface area (Å²) in [4.78, 5) is 23.7. The van der Waals surface area contributed by atoms with Crippen molar-refractivity contribution >= 4 is 28.9 Å². The van der Waals surface area contributed by atoms with Crippen molar-refractivity contribution in [1.29, 1.82) is 0 Å². The van der Waals surface area contributed by atoms with E-state index in [4.69, 9.17) is 11.6 Å². The summed E-state index contributed by atoms with van der Waals surface area (Å²) in [7, 11) is 0. The Hall–Kier alpha value is -1.82. The molecule has 1 aromatic rings. The Balaban J connectivity index is 2.47. The average molecular weight is 313 g/mol. The minimum atomic E-state index is -0.879. The molecule has 6 nitrogen and oxygen atoms in total. The predicted octanol–water partition coefficient (Wildman–Crippen LogP) is 3.25. The molecule has 2 rings (SSSR count). The fourth-order valence-electron chi connectivity index (χ4n) is 2.94. The van der Waals surface area contributed by atoms with E-state index in [-0.39, 0.29) is 16.6 Å². The Kier molecular flexibility index (Phi) is 4.37. The van der Waals surface area contributed by atoms with Gasteiger partial charge in [0.1, 0.15) is 11.1 Å². The zero-order valence-corrected chi connectivity index (χ0v) is 12.6. The van der Waals surface area contributed by atoms with E-state index in [0.717, 1.165) is 12.8 Å². The third-order valence-electron chi connectivity index (χ3n) is 3.96. The molecule has 0 saturated carbocycles. The number of anilines is 1. The highest BCUT2D eigenvalue weighted by atomic mass is 35.5. The van der Waals surface area contributed by atoms with Gasteiger partial charge in [0.25, 0.3) is 5.69 Å². The average Bonchev–Trinajstić information content (AvgIpc) is 2.39. The number of aliphatic carboxylic acids is 1. The summed E-state index contributed by atoms with van der Waals surface area (Å²) in [5.74, 6) is -0.860. The largest absolute Gasteiger partial charge is 0.480 e. The molecule has 2 unspecified atom stereocenters. The van der Waals surface area contributed by atoms with Crippen molar-refractivity contribution in [2.45, 2.75) is 32.7 Å². The number of halogens is 1. The lowest BCUT2D eigenvalue weighted by Gasteiger charge is -2.39. The van der Waals surface area contributed by atoms with Crippen molar-refractivity contribution in [2.24, 2.45) is 5.92 Å². The van der Waals surface area contributed by atoms with Crippen LogP contribution in [0.1, 0.15) is 25.3 Å². The van der Waals surface area contributed by atoms with Gasteiger partial charge >= 0.3 is 5.97 Å². The SMILES string of the molecule is Cc1cc([N+](=O)[O-])c(Cl)cc1N1CCCC(C)C1C(=O)O. The van der Waals surface area contributed by atoms with Crippen LogP contribution in [0.5, 0.6) is 0 Å². The lowest BCUT2D eigenvalue weighted by Crippen LogP contribution is -2.49. The van der Waals surface area contributed by atoms with E-state index in [1.165, 1.54) is 12.1 Å². The number of nitro benzene ring substituents is 1. The monoisotopic (exact) mass is 312 g/mol. The van der Waals surface area contributed by atoms with Gasteiger partial charge in [-0.15, -0.1) is 0 Å². The van der Waals surface area contributed by atoms with Crippen molar-refractivity contribution in [3.63, 3.8) is 0 Å². The van der Waals surface area contributed by atoms with Crippen LogP contribution in [0.15, 0.2) is 12.1 Å². The third kappa shape index (κ3) is 2.95. The number of benzene rings is 1. The van der Waals surface area contributed by atoms with E-state index >= 15 is 0 Å². The molecule has 1 saturated heterocycles. The van der Waals surface area contributed by atoms with Crippen molar-refractivity contribution in [3.8, 4) is 0 Å². The molecule has 1 aliphatic rings. The van der Waals surface area contributed by atoms with Crippen LogP contribution in [0, 0.1) is 23.0 Å². The summed E-state index contributed by atoms with van der Waals surface area (Å²) in [6.45, 7) is 4.25. The molecule has 2 atom stereocenters. The van der Waals surface area contributed by atoms with Crippen molar-refractivity contribution in [1.82, 2.24) is 0 Å². The van der Waals surface area contributed by atoms with Crippen molar-refractivity contribution in [2.75, 3.05) is 11.4 Å². The molecule has 0 aromatic heterocycles. The Labute approximate surface area is 127 Å². The van der Waals surface area contributed by atoms with Crippen LogP contribution >= 0.6 is 11.6 Å². The summed E-state index contributed by atoms with van der Waals surface area (Å²) in [5.41, 5.74) is 1.16. The molecule has 0 aliphatic carbocycles. The second-order valence-corrected chi connectivity index (χ2v) is 5.85. The molecule has 0 radical (unpaired) electrons. The fourth-order valence-corrected chi connectivity index (χ4v) is 3.17. The highest BCUT2D eigenvalue weighted by molar-refractivity contribution is 6.33. The number of rotatable bonds is 3. The first-order chi connectivity index (χ1) is 9.82. The summed E-state index contributed by atoms with van der Waals surface area (Å²) in [5, 5.41) is 20.4. The van der Waals surface area contributed by atoms with E-state index in [2.05, 4.69) is 0 Å². The van der Waals surface area contributed by atoms with E-state index in [9.17, 15) is 20.0 Å². The van der Waals surface area contributed by atoms with Crippen LogP contribution in [-0.4, -0.2) is 28.6 Å². The number of hydrogen-bond donors (Lipinski definition) is 1. The standard InChI is InChI=1S/C14H17ClN2O4/c1-8-4-3-5-16(13(8)14(18)19)11-7-10(15)12(17(20)21)6-9(11)2/h6-8,13H,3-5H2,1-2H3,(H,18,19). The molecule has 0 spiro atoms. The van der Waals surface area contributed by atoms with Crippen LogP contribution in [0.2, 0.25) is 5.02 Å². The second-order valence-electron chi connectivity index (χ2n) is 5.44. The van der Waals surface area contributed by atoms with Gasteiger partial charge in [0, 0.05) is 18.3 Å². The van der Waals surface area contributed by atoms with Gasteiger partial charge in [-0.3, -0.25) is 10.1 Å². The number of nitrogens with zero attached hydrogens (tertiary/aromatic N) is 2. The van der Waals surface area contributed by atoms with Gasteiger partial charge in [-0.1, -0.05) is 18.5 Å². The zero-order chi connectivity index (χ0) is 15.7. The molecular weight excluding hydrogens is 296 g/mol. The number of nitro groups is 1. The number of carbonyl (C=O) groups is 1. The topological polar surface area (TPSA) is 83.7 Å². The van der Waals surface area contributed by atoms with Gasteiger partial charge in [-0.25, -0.2) is 4.79 Å². The smallest absolute Gasteiger partial charge is 0.326 e. The molecule has 1 aliphatic heterocycles. The molecular formula is C14H17ClN2O4. The van der Waals surface area contributed by atoms with Crippen LogP contribution in [0.25, 0.3) is 0 Å². The number of carboxylic acids is 1. The fraction of sp³-hybridized carbons (Fsp3) is 0.500. The molecule has 1 heterocycles. The summed E-state index contributed by atoms with van der Waals surface area (Å²) in [6, 6.07) is 2.27. The lowest BCUT2D eigenvalue weighted by atomic mass is 9.90. The molecule has 7 heteroatoms. The molecule has 0 bridgehead atoms. The summed E-state index contributed by atoms with van der Waals surface area (Å²) in [6.07, 6.45) is 1.74. The van der Waals surface area contributed by atoms with Crippen LogP contribution in [0.4, 0.5) is 11.4 Å². The van der Waals surface area contributed by atoms with Gasteiger partial charge in [0.05, 0.1) is 4.92 Å². The van der Waals surface area contributed by atoms with E-state index in [0.29, 0.717) is 17.8 Å². The van der Waals surface area contributed by atoms with Crippen LogP contribution in [-0.2, 0) is 4.79 Å². The summed E-state index contributed by atoms with van der Waals surface area (Å²) < 4.78 is 0. The second kappa shape index (κ2) is 5.89. The highest BCUT2D eigenvalue weighted by Crippen LogP contribution is 2.36. The maximum absolute atomic E-state index is 11.5. The Bertz CT molecular complexity index is 591. The van der Waals surface area contributed by atoms with Gasteiger partial charge in [0.15, 0.2) is 0 Å². The molecule has 114 valence electrons. The molecule has 21 heavy (non-hydrogen) atoms. The number of aryl methyl sites for hydroxylation is 1. The maximum Gasteiger partial charge on any atom is 0.326 e. The van der Waals surface area contributed by atoms with Gasteiger partial charge in [-0.2, -0.15) is 0 Å². The van der Waals surface area contributed by atoms with Crippen LogP contribution < -0.4 is 4.90 Å². The highest BCUT2D eigenvalue weighted by Gasteiger charge is 2.35. The van der Waals surface area contributed by atoms with Crippen molar-refractivity contribution in [3.05, 3.63) is 32.8 Å². The minimum absolute atomic E-state index is 0.0182. The van der Waals surface area contributed by atoms with Gasteiger partial charge < -0.3 is 10.0 Å². The first-order valence-corrected chi connectivity index (χ1v) is 7.14. The number of carboxylic acid groups (broad SMARTS) is 1. The third-order valence-corrected chi connectivity index (χ3v) is 4.26. The lowest BCUT2D eigenvalue weighted by molar-refractivity contribution is -0.384. The van der Waals surface area contributed by atoms with E-state index in [1.54, 1.807) is 11.8 Å². The van der Waals surface area contributed by atoms with Crippen LogP contribution in [0.3, 0.4) is 0 Å². The Morgan fingerprint density at radius 1 is 1.52 bits per heavy atom. The van der Waals surface area contributed by atoms with E-state index < -0.39 is 16.9 Å². The normalized spacial score (nSPS) is 22.1. The predicted molar refractivity (Wildman–Crippen MR) is 80.0 cm³/mol. The summed E-state index contributed by atoms with van der Waals surface area (Å²) >= 11 is 5.96. The Morgan fingerprint density at radius 3 is 2.76 bits per heavy atom. The minimum Gasteiger partial charge on any atom is -0.480 e.